The molecule has 0 bridgehead atoms. The zero-order chi connectivity index (χ0) is 13.9. The first kappa shape index (κ1) is 12.8. The van der Waals surface area contributed by atoms with Crippen molar-refractivity contribution in [1.29, 1.82) is 0 Å². The molecule has 2 aromatic carbocycles. The van der Waals surface area contributed by atoms with Crippen LogP contribution in [0.1, 0.15) is 5.56 Å². The van der Waals surface area contributed by atoms with Gasteiger partial charge in [-0.2, -0.15) is 0 Å². The van der Waals surface area contributed by atoms with Crippen molar-refractivity contribution >= 4 is 10.9 Å². The minimum atomic E-state index is 0.903. The van der Waals surface area contributed by atoms with Gasteiger partial charge in [-0.3, -0.25) is 0 Å². The van der Waals surface area contributed by atoms with Gasteiger partial charge in [0.1, 0.15) is 0 Å². The van der Waals surface area contributed by atoms with E-state index >= 15 is 0 Å². The lowest BCUT2D eigenvalue weighted by atomic mass is 10.1. The molecule has 1 radical (unpaired) electrons. The van der Waals surface area contributed by atoms with Crippen LogP contribution in [0.2, 0.25) is 0 Å². The second-order valence-electron chi connectivity index (χ2n) is 5.24. The first-order valence-electron chi connectivity index (χ1n) is 6.74. The minimum Gasteiger partial charge on any atom is -0.305 e. The Balaban J connectivity index is 1.94. The van der Waals surface area contributed by atoms with E-state index in [4.69, 9.17) is 0 Å². The second-order valence-corrected chi connectivity index (χ2v) is 5.24. The van der Waals surface area contributed by atoms with Gasteiger partial charge >= 0.3 is 0 Å². The number of benzene rings is 2. The third-order valence-electron chi connectivity index (χ3n) is 3.26. The summed E-state index contributed by atoms with van der Waals surface area (Å²) in [5.74, 6) is 0. The molecule has 0 aliphatic rings. The number of rotatable bonds is 3. The van der Waals surface area contributed by atoms with Crippen molar-refractivity contribution < 1.29 is 0 Å². The van der Waals surface area contributed by atoms with Gasteiger partial charge in [0.05, 0.1) is 11.2 Å². The maximum atomic E-state index is 4.67. The van der Waals surface area contributed by atoms with Crippen LogP contribution in [0.5, 0.6) is 0 Å². The highest BCUT2D eigenvalue weighted by atomic mass is 15.0. The predicted octanol–water partition coefficient (Wildman–Crippen LogP) is 3.76. The van der Waals surface area contributed by atoms with Crippen LogP contribution in [-0.4, -0.2) is 24.0 Å². The third kappa shape index (κ3) is 2.70. The van der Waals surface area contributed by atoms with Crippen LogP contribution in [-0.2, 0) is 6.54 Å². The van der Waals surface area contributed by atoms with Gasteiger partial charge in [0.15, 0.2) is 0 Å². The first-order valence-corrected chi connectivity index (χ1v) is 6.74. The summed E-state index contributed by atoms with van der Waals surface area (Å²) in [5, 5.41) is 1.13. The molecule has 2 heteroatoms. The highest BCUT2D eigenvalue weighted by Gasteiger charge is 2.02. The van der Waals surface area contributed by atoms with Crippen molar-refractivity contribution in [2.75, 3.05) is 14.1 Å². The van der Waals surface area contributed by atoms with E-state index in [2.05, 4.69) is 60.4 Å². The van der Waals surface area contributed by atoms with Crippen LogP contribution in [0.3, 0.4) is 0 Å². The number of aromatic nitrogens is 1. The lowest BCUT2D eigenvalue weighted by Gasteiger charge is -2.10. The van der Waals surface area contributed by atoms with Gasteiger partial charge in [0.2, 0.25) is 0 Å². The molecule has 0 atom stereocenters. The Bertz CT molecular complexity index is 715. The molecule has 3 aromatic rings. The van der Waals surface area contributed by atoms with E-state index in [0.717, 1.165) is 28.7 Å². The number of nitrogens with zero attached hydrogens (tertiary/aromatic N) is 2. The molecule has 0 spiro atoms. The maximum absolute atomic E-state index is 4.67. The summed E-state index contributed by atoms with van der Waals surface area (Å²) in [6, 6.07) is 21.9. The molecule has 3 rings (SSSR count). The number of hydrogen-bond donors (Lipinski definition) is 0. The topological polar surface area (TPSA) is 16.1 Å². The summed E-state index contributed by atoms with van der Waals surface area (Å²) < 4.78 is 0. The lowest BCUT2D eigenvalue weighted by molar-refractivity contribution is 0.402. The molecule has 20 heavy (non-hydrogen) atoms. The molecule has 0 unspecified atom stereocenters. The Morgan fingerprint density at radius 3 is 2.50 bits per heavy atom. The van der Waals surface area contributed by atoms with Gasteiger partial charge in [-0.25, -0.2) is 4.98 Å². The Kier molecular flexibility index (Phi) is 3.48. The molecular weight excluding hydrogens is 244 g/mol. The monoisotopic (exact) mass is 261 g/mol. The van der Waals surface area contributed by atoms with E-state index in [0.29, 0.717) is 0 Å². The molecular formula is C18H17N2. The normalized spacial score (nSPS) is 11.2. The predicted molar refractivity (Wildman–Crippen MR) is 83.4 cm³/mol. The van der Waals surface area contributed by atoms with Crippen molar-refractivity contribution in [1.82, 2.24) is 9.88 Å². The Morgan fingerprint density at radius 2 is 1.75 bits per heavy atom. The molecule has 1 heterocycles. The van der Waals surface area contributed by atoms with Crippen LogP contribution >= 0.6 is 0 Å². The van der Waals surface area contributed by atoms with Gasteiger partial charge in [-0.15, -0.1) is 0 Å². The van der Waals surface area contributed by atoms with Crippen molar-refractivity contribution in [3.05, 3.63) is 66.2 Å². The van der Waals surface area contributed by atoms with E-state index in [1.54, 1.807) is 0 Å². The Morgan fingerprint density at radius 1 is 1.00 bits per heavy atom. The van der Waals surface area contributed by atoms with Crippen LogP contribution < -0.4 is 0 Å². The Labute approximate surface area is 119 Å². The quantitative estimate of drug-likeness (QED) is 0.713. The molecule has 99 valence electrons. The van der Waals surface area contributed by atoms with Crippen LogP contribution in [0.4, 0.5) is 0 Å². The summed E-state index contributed by atoms with van der Waals surface area (Å²) in [7, 11) is 4.15. The Hall–Kier alpha value is -2.19. The zero-order valence-electron chi connectivity index (χ0n) is 11.8. The van der Waals surface area contributed by atoms with E-state index in [1.165, 1.54) is 5.56 Å². The van der Waals surface area contributed by atoms with Gasteiger partial charge in [-0.1, -0.05) is 42.5 Å². The summed E-state index contributed by atoms with van der Waals surface area (Å²) in [6.45, 7) is 0.954. The average Bonchev–Trinajstić information content (AvgIpc) is 2.47. The fourth-order valence-electron chi connectivity index (χ4n) is 2.29. The fourth-order valence-corrected chi connectivity index (χ4v) is 2.29. The standard InChI is InChI=1S/C18H17N2/c1-20(2)13-14-7-9-16(10-8-14)18-12-11-15-5-3-4-6-17(15)19-18/h3-11H,13H2,1-2H3. The van der Waals surface area contributed by atoms with E-state index < -0.39 is 0 Å². The van der Waals surface area contributed by atoms with Gasteiger partial charge in [-0.05, 0) is 31.8 Å². The number of hydrogen-bond acceptors (Lipinski definition) is 2. The van der Waals surface area contributed by atoms with E-state index in [1.807, 2.05) is 24.3 Å². The van der Waals surface area contributed by atoms with Crippen LogP contribution in [0, 0.1) is 6.07 Å². The fraction of sp³-hybridized carbons (Fsp3) is 0.167. The van der Waals surface area contributed by atoms with Crippen molar-refractivity contribution in [3.8, 4) is 11.3 Å². The highest BCUT2D eigenvalue weighted by Crippen LogP contribution is 2.21. The molecule has 0 amide bonds. The summed E-state index contributed by atoms with van der Waals surface area (Å²) in [5.41, 5.74) is 4.33. The largest absolute Gasteiger partial charge is 0.305 e. The molecule has 0 saturated carbocycles. The third-order valence-corrected chi connectivity index (χ3v) is 3.26. The molecule has 2 nitrogen and oxygen atoms in total. The van der Waals surface area contributed by atoms with Crippen LogP contribution in [0.15, 0.2) is 54.6 Å². The molecule has 0 N–H and O–H groups in total. The van der Waals surface area contributed by atoms with Crippen molar-refractivity contribution in [3.63, 3.8) is 0 Å². The number of pyridine rings is 1. The maximum Gasteiger partial charge on any atom is 0.0788 e. The molecule has 0 aliphatic carbocycles. The minimum absolute atomic E-state index is 0.903. The lowest BCUT2D eigenvalue weighted by Crippen LogP contribution is -2.10. The van der Waals surface area contributed by atoms with Gasteiger partial charge in [0.25, 0.3) is 0 Å². The summed E-state index contributed by atoms with van der Waals surface area (Å²) in [4.78, 5) is 6.83. The summed E-state index contributed by atoms with van der Waals surface area (Å²) >= 11 is 0. The molecule has 1 aromatic heterocycles. The first-order chi connectivity index (χ1) is 9.72. The number of fused-ring (bicyclic) bond motifs is 1. The zero-order valence-corrected chi connectivity index (χ0v) is 11.8. The molecule has 0 saturated heterocycles. The number of para-hydroxylation sites is 1. The molecule has 0 fully saturated rings. The molecule has 0 aliphatic heterocycles. The van der Waals surface area contributed by atoms with Crippen molar-refractivity contribution in [2.45, 2.75) is 6.54 Å². The van der Waals surface area contributed by atoms with E-state index in [9.17, 15) is 0 Å². The average molecular weight is 261 g/mol. The van der Waals surface area contributed by atoms with Crippen LogP contribution in [0.25, 0.3) is 22.2 Å². The second kappa shape index (κ2) is 5.43. The smallest absolute Gasteiger partial charge is 0.0788 e. The van der Waals surface area contributed by atoms with Gasteiger partial charge < -0.3 is 4.90 Å². The van der Waals surface area contributed by atoms with Gasteiger partial charge in [0, 0.05) is 23.6 Å². The highest BCUT2D eigenvalue weighted by molar-refractivity contribution is 5.81. The van der Waals surface area contributed by atoms with Crippen molar-refractivity contribution in [2.24, 2.45) is 0 Å². The summed E-state index contributed by atoms with van der Waals surface area (Å²) in [6.07, 6.45) is 0. The SMILES string of the molecule is CN(C)Cc1ccc(-c2[c]cc3ccccc3n2)cc1. The van der Waals surface area contributed by atoms with E-state index in [-0.39, 0.29) is 0 Å².